The van der Waals surface area contributed by atoms with Gasteiger partial charge in [-0.3, -0.25) is 0 Å². The SMILES string of the molecule is CCCNc1nc(C(C)C)nc(CC)c1C. The molecule has 0 aliphatic heterocycles. The molecule has 1 aromatic rings. The minimum atomic E-state index is 0.382. The quantitative estimate of drug-likeness (QED) is 0.829. The van der Waals surface area contributed by atoms with Crippen molar-refractivity contribution in [1.82, 2.24) is 9.97 Å². The maximum Gasteiger partial charge on any atom is 0.133 e. The van der Waals surface area contributed by atoms with Crippen LogP contribution in [0.15, 0.2) is 0 Å². The predicted octanol–water partition coefficient (Wildman–Crippen LogP) is 3.29. The summed E-state index contributed by atoms with van der Waals surface area (Å²) in [4.78, 5) is 9.20. The largest absolute Gasteiger partial charge is 0.370 e. The van der Waals surface area contributed by atoms with E-state index in [1.54, 1.807) is 0 Å². The van der Waals surface area contributed by atoms with Crippen LogP contribution in [0.3, 0.4) is 0 Å². The first-order valence-corrected chi connectivity index (χ1v) is 6.21. The molecule has 0 radical (unpaired) electrons. The van der Waals surface area contributed by atoms with E-state index in [0.717, 1.165) is 36.7 Å². The molecular formula is C13H23N3. The monoisotopic (exact) mass is 221 g/mol. The molecule has 0 saturated carbocycles. The Morgan fingerprint density at radius 1 is 1.19 bits per heavy atom. The normalized spacial score (nSPS) is 10.9. The van der Waals surface area contributed by atoms with Gasteiger partial charge in [0.25, 0.3) is 0 Å². The molecule has 16 heavy (non-hydrogen) atoms. The molecule has 90 valence electrons. The standard InChI is InChI=1S/C13H23N3/c1-6-8-14-13-10(5)11(7-2)15-12(16-13)9(3)4/h9H,6-8H2,1-5H3,(H,14,15,16). The van der Waals surface area contributed by atoms with E-state index in [1.807, 2.05) is 0 Å². The predicted molar refractivity (Wildman–Crippen MR) is 69.0 cm³/mol. The van der Waals surface area contributed by atoms with E-state index in [0.29, 0.717) is 5.92 Å². The van der Waals surface area contributed by atoms with Crippen LogP contribution in [0, 0.1) is 6.92 Å². The molecule has 0 saturated heterocycles. The molecular weight excluding hydrogens is 198 g/mol. The fourth-order valence-corrected chi connectivity index (χ4v) is 1.60. The third-order valence-corrected chi connectivity index (χ3v) is 2.66. The zero-order valence-corrected chi connectivity index (χ0v) is 11.1. The third kappa shape index (κ3) is 2.94. The third-order valence-electron chi connectivity index (χ3n) is 2.66. The van der Waals surface area contributed by atoms with Gasteiger partial charge < -0.3 is 5.32 Å². The van der Waals surface area contributed by atoms with E-state index < -0.39 is 0 Å². The van der Waals surface area contributed by atoms with Crippen molar-refractivity contribution < 1.29 is 0 Å². The van der Waals surface area contributed by atoms with Crippen molar-refractivity contribution >= 4 is 5.82 Å². The minimum absolute atomic E-state index is 0.382. The number of hydrogen-bond acceptors (Lipinski definition) is 3. The van der Waals surface area contributed by atoms with E-state index in [-0.39, 0.29) is 0 Å². The highest BCUT2D eigenvalue weighted by Crippen LogP contribution is 2.19. The second-order valence-electron chi connectivity index (χ2n) is 4.44. The maximum atomic E-state index is 4.61. The van der Waals surface area contributed by atoms with Crippen LogP contribution >= 0.6 is 0 Å². The van der Waals surface area contributed by atoms with E-state index in [4.69, 9.17) is 0 Å². The molecule has 0 aliphatic carbocycles. The summed E-state index contributed by atoms with van der Waals surface area (Å²) in [7, 11) is 0. The van der Waals surface area contributed by atoms with Gasteiger partial charge in [0.05, 0.1) is 0 Å². The summed E-state index contributed by atoms with van der Waals surface area (Å²) in [5.41, 5.74) is 2.36. The van der Waals surface area contributed by atoms with Crippen molar-refractivity contribution in [2.45, 2.75) is 53.4 Å². The summed E-state index contributed by atoms with van der Waals surface area (Å²) in [6.07, 6.45) is 2.08. The Hall–Kier alpha value is -1.12. The number of nitrogens with zero attached hydrogens (tertiary/aromatic N) is 2. The van der Waals surface area contributed by atoms with Gasteiger partial charge in [0, 0.05) is 23.7 Å². The number of aryl methyl sites for hydroxylation is 1. The lowest BCUT2D eigenvalue weighted by molar-refractivity contribution is 0.753. The van der Waals surface area contributed by atoms with Gasteiger partial charge in [-0.05, 0) is 19.8 Å². The first-order chi connectivity index (χ1) is 7.60. The van der Waals surface area contributed by atoms with Gasteiger partial charge >= 0.3 is 0 Å². The fourth-order valence-electron chi connectivity index (χ4n) is 1.60. The Morgan fingerprint density at radius 2 is 1.88 bits per heavy atom. The fraction of sp³-hybridized carbons (Fsp3) is 0.692. The maximum absolute atomic E-state index is 4.61. The van der Waals surface area contributed by atoms with Crippen molar-refractivity contribution in [3.8, 4) is 0 Å². The molecule has 1 aromatic heterocycles. The molecule has 3 nitrogen and oxygen atoms in total. The Balaban J connectivity index is 3.08. The molecule has 1 rings (SSSR count). The second-order valence-corrected chi connectivity index (χ2v) is 4.44. The van der Waals surface area contributed by atoms with Gasteiger partial charge in [0.1, 0.15) is 11.6 Å². The number of aromatic nitrogens is 2. The minimum Gasteiger partial charge on any atom is -0.370 e. The summed E-state index contributed by atoms with van der Waals surface area (Å²) in [5.74, 6) is 2.34. The van der Waals surface area contributed by atoms with Crippen molar-refractivity contribution in [2.75, 3.05) is 11.9 Å². The number of rotatable bonds is 5. The van der Waals surface area contributed by atoms with E-state index >= 15 is 0 Å². The number of hydrogen-bond donors (Lipinski definition) is 1. The van der Waals surface area contributed by atoms with Crippen LogP contribution < -0.4 is 5.32 Å². The Kier molecular flexibility index (Phi) is 4.71. The Bertz CT molecular complexity index is 345. The van der Waals surface area contributed by atoms with Crippen LogP contribution in [-0.4, -0.2) is 16.5 Å². The molecule has 0 spiro atoms. The lowest BCUT2D eigenvalue weighted by atomic mass is 10.1. The number of anilines is 1. The molecule has 3 heteroatoms. The van der Waals surface area contributed by atoms with Crippen molar-refractivity contribution in [2.24, 2.45) is 0 Å². The molecule has 0 aromatic carbocycles. The Morgan fingerprint density at radius 3 is 2.38 bits per heavy atom. The van der Waals surface area contributed by atoms with Gasteiger partial charge in [-0.2, -0.15) is 0 Å². The molecule has 0 amide bonds. The molecule has 1 heterocycles. The van der Waals surface area contributed by atoms with Gasteiger partial charge in [-0.25, -0.2) is 9.97 Å². The first-order valence-electron chi connectivity index (χ1n) is 6.21. The Labute approximate surface area is 98.7 Å². The molecule has 0 atom stereocenters. The molecule has 0 aliphatic rings. The van der Waals surface area contributed by atoms with Crippen molar-refractivity contribution in [3.05, 3.63) is 17.1 Å². The summed E-state index contributed by atoms with van der Waals surface area (Å²) in [6.45, 7) is 11.6. The van der Waals surface area contributed by atoms with Crippen LogP contribution in [0.5, 0.6) is 0 Å². The summed E-state index contributed by atoms with van der Waals surface area (Å²) in [6, 6.07) is 0. The van der Waals surface area contributed by atoms with Gasteiger partial charge in [0.15, 0.2) is 0 Å². The average molecular weight is 221 g/mol. The highest BCUT2D eigenvalue weighted by atomic mass is 15.0. The van der Waals surface area contributed by atoms with Gasteiger partial charge in [0.2, 0.25) is 0 Å². The lowest BCUT2D eigenvalue weighted by Crippen LogP contribution is -2.11. The van der Waals surface area contributed by atoms with Gasteiger partial charge in [-0.15, -0.1) is 0 Å². The highest BCUT2D eigenvalue weighted by molar-refractivity contribution is 5.46. The van der Waals surface area contributed by atoms with Crippen LogP contribution in [0.25, 0.3) is 0 Å². The molecule has 0 fully saturated rings. The molecule has 1 N–H and O–H groups in total. The lowest BCUT2D eigenvalue weighted by Gasteiger charge is -2.14. The zero-order chi connectivity index (χ0) is 12.1. The first kappa shape index (κ1) is 12.9. The average Bonchev–Trinajstić information content (AvgIpc) is 2.27. The summed E-state index contributed by atoms with van der Waals surface area (Å²) < 4.78 is 0. The number of nitrogens with one attached hydrogen (secondary N) is 1. The van der Waals surface area contributed by atoms with Crippen molar-refractivity contribution in [1.29, 1.82) is 0 Å². The summed E-state index contributed by atoms with van der Waals surface area (Å²) >= 11 is 0. The van der Waals surface area contributed by atoms with Gasteiger partial charge in [-0.1, -0.05) is 27.7 Å². The van der Waals surface area contributed by atoms with Crippen LogP contribution in [-0.2, 0) is 6.42 Å². The van der Waals surface area contributed by atoms with Crippen LogP contribution in [0.2, 0.25) is 0 Å². The van der Waals surface area contributed by atoms with Crippen molar-refractivity contribution in [3.63, 3.8) is 0 Å². The van der Waals surface area contributed by atoms with Crippen LogP contribution in [0.4, 0.5) is 5.82 Å². The topological polar surface area (TPSA) is 37.8 Å². The summed E-state index contributed by atoms with van der Waals surface area (Å²) in [5, 5.41) is 3.38. The van der Waals surface area contributed by atoms with E-state index in [9.17, 15) is 0 Å². The smallest absolute Gasteiger partial charge is 0.133 e. The van der Waals surface area contributed by atoms with Crippen LogP contribution in [0.1, 0.15) is 57.1 Å². The van der Waals surface area contributed by atoms with E-state index in [2.05, 4.69) is 49.9 Å². The molecule has 0 bridgehead atoms. The van der Waals surface area contributed by atoms with E-state index in [1.165, 1.54) is 5.56 Å². The molecule has 0 unspecified atom stereocenters. The zero-order valence-electron chi connectivity index (χ0n) is 11.1. The second kappa shape index (κ2) is 5.83. The highest BCUT2D eigenvalue weighted by Gasteiger charge is 2.11.